The van der Waals surface area contributed by atoms with Crippen LogP contribution < -0.4 is 5.32 Å². The van der Waals surface area contributed by atoms with Gasteiger partial charge in [0.15, 0.2) is 5.78 Å². The minimum Gasteiger partial charge on any atom is -0.392 e. The number of amides is 1. The molecule has 53 heavy (non-hydrogen) atoms. The van der Waals surface area contributed by atoms with Crippen LogP contribution in [0.5, 0.6) is 0 Å². The summed E-state index contributed by atoms with van der Waals surface area (Å²) in [6.07, 6.45) is 13.4. The molecule has 0 radical (unpaired) electrons. The van der Waals surface area contributed by atoms with E-state index in [0.29, 0.717) is 23.9 Å². The topological polar surface area (TPSA) is 101 Å². The van der Waals surface area contributed by atoms with Crippen molar-refractivity contribution in [1.29, 1.82) is 0 Å². The van der Waals surface area contributed by atoms with Crippen molar-refractivity contribution in [2.75, 3.05) is 0 Å². The Balaban J connectivity index is 1.21. The number of benzene rings is 1. The molecule has 7 heteroatoms. The third-order valence-electron chi connectivity index (χ3n) is 15.6. The predicted octanol–water partition coefficient (Wildman–Crippen LogP) is 8.38. The first-order chi connectivity index (χ1) is 24.7. The summed E-state index contributed by atoms with van der Waals surface area (Å²) < 4.78 is 8.92. The molecule has 1 amide bonds. The minimum atomic E-state index is -0.850. The Bertz CT molecular complexity index is 2130. The molecule has 9 atom stereocenters. The number of aliphatic hydroxyl groups excluding tert-OH is 2. The highest BCUT2D eigenvalue weighted by Gasteiger charge is 2.68. The van der Waals surface area contributed by atoms with E-state index < -0.39 is 34.9 Å². The van der Waals surface area contributed by atoms with Crippen molar-refractivity contribution in [2.45, 2.75) is 148 Å². The van der Waals surface area contributed by atoms with Crippen LogP contribution in [-0.2, 0) is 21.4 Å². The van der Waals surface area contributed by atoms with E-state index in [-0.39, 0.29) is 34.4 Å². The van der Waals surface area contributed by atoms with E-state index in [4.69, 9.17) is 4.74 Å². The first kappa shape index (κ1) is 35.4. The monoisotopic (exact) mass is 718 g/mol. The summed E-state index contributed by atoms with van der Waals surface area (Å²) in [6, 6.07) is 2.10. The zero-order chi connectivity index (χ0) is 37.9. The highest BCUT2D eigenvalue weighted by atomic mass is 16.5. The molecule has 3 heterocycles. The molecular weight excluding hydrogens is 661 g/mol. The van der Waals surface area contributed by atoms with Crippen LogP contribution in [0.25, 0.3) is 16.5 Å². The molecule has 3 N–H and O–H groups in total. The van der Waals surface area contributed by atoms with Crippen molar-refractivity contribution in [2.24, 2.45) is 28.6 Å². The van der Waals surface area contributed by atoms with Crippen molar-refractivity contribution in [3.63, 3.8) is 0 Å². The first-order valence-corrected chi connectivity index (χ1v) is 20.2. The molecule has 3 saturated carbocycles. The van der Waals surface area contributed by atoms with Gasteiger partial charge in [-0.2, -0.15) is 0 Å². The van der Waals surface area contributed by atoms with Gasteiger partial charge in [-0.25, -0.2) is 0 Å². The average molecular weight is 719 g/mol. The number of aliphatic hydroxyl groups is 2. The lowest BCUT2D eigenvalue weighted by atomic mass is 9.40. The van der Waals surface area contributed by atoms with Gasteiger partial charge in [-0.05, 0) is 138 Å². The van der Waals surface area contributed by atoms with E-state index in [1.165, 1.54) is 11.3 Å². The maximum absolute atomic E-state index is 14.9. The van der Waals surface area contributed by atoms with E-state index in [0.717, 1.165) is 77.3 Å². The van der Waals surface area contributed by atoms with Crippen LogP contribution in [0.1, 0.15) is 146 Å². The van der Waals surface area contributed by atoms with Gasteiger partial charge in [0.25, 0.3) is 0 Å². The lowest BCUT2D eigenvalue weighted by Gasteiger charge is -2.64. The lowest BCUT2D eigenvalue weighted by Crippen LogP contribution is -2.62. The SMILES string of the molecule is C=C(C)[C@H]1C(=O)c2c3c(cc4c5c(n1c24)[C@@]1(C)C(CC[C@H]2[C@](C)(/C=C/C(C)=C/C(=O)NC4CC4)[C@@H](O)CC[C@@]21C)C5)C1=CC(C)(C)OC(C)(C)C1[C@@H]3O. The Morgan fingerprint density at radius 2 is 1.75 bits per heavy atom. The third-order valence-corrected chi connectivity index (χ3v) is 15.6. The van der Waals surface area contributed by atoms with Gasteiger partial charge in [-0.1, -0.05) is 45.1 Å². The van der Waals surface area contributed by atoms with Gasteiger partial charge >= 0.3 is 0 Å². The predicted molar refractivity (Wildman–Crippen MR) is 209 cm³/mol. The molecule has 5 aliphatic carbocycles. The smallest absolute Gasteiger partial charge is 0.244 e. The van der Waals surface area contributed by atoms with Gasteiger partial charge in [0.05, 0.1) is 34.5 Å². The van der Waals surface area contributed by atoms with Gasteiger partial charge in [-0.15, -0.1) is 0 Å². The van der Waals surface area contributed by atoms with Gasteiger partial charge in [0, 0.05) is 45.5 Å². The van der Waals surface area contributed by atoms with Crippen molar-refractivity contribution in [3.8, 4) is 0 Å². The maximum atomic E-state index is 14.9. The van der Waals surface area contributed by atoms with Gasteiger partial charge in [0.2, 0.25) is 5.91 Å². The van der Waals surface area contributed by atoms with Crippen molar-refractivity contribution in [1.82, 2.24) is 9.88 Å². The minimum absolute atomic E-state index is 0.0396. The highest BCUT2D eigenvalue weighted by Crippen LogP contribution is 2.71. The molecule has 3 fully saturated rings. The number of Topliss-reactive ketones (excluding diaryl/α,β-unsaturated/α-hetero) is 1. The van der Waals surface area contributed by atoms with E-state index in [1.54, 1.807) is 6.08 Å². The first-order valence-electron chi connectivity index (χ1n) is 20.2. The maximum Gasteiger partial charge on any atom is 0.244 e. The molecule has 9 rings (SSSR count). The van der Waals surface area contributed by atoms with Crippen molar-refractivity contribution in [3.05, 3.63) is 76.0 Å². The highest BCUT2D eigenvalue weighted by molar-refractivity contribution is 6.18. The summed E-state index contributed by atoms with van der Waals surface area (Å²) in [4.78, 5) is 27.5. The molecular formula is C46H58N2O5. The Kier molecular flexibility index (Phi) is 7.32. The van der Waals surface area contributed by atoms with Crippen LogP contribution in [0, 0.1) is 28.6 Å². The molecule has 0 bridgehead atoms. The molecule has 2 aromatic rings. The molecule has 7 nitrogen and oxygen atoms in total. The number of hydrogen-bond donors (Lipinski definition) is 3. The number of carbonyl (C=O) groups is 2. The average Bonchev–Trinajstić information content (AvgIpc) is 3.52. The van der Waals surface area contributed by atoms with E-state index in [9.17, 15) is 19.8 Å². The number of fused-ring (bicyclic) bond motifs is 11. The summed E-state index contributed by atoms with van der Waals surface area (Å²) in [5.41, 5.74) is 6.76. The van der Waals surface area contributed by atoms with Crippen LogP contribution in [0.4, 0.5) is 0 Å². The fourth-order valence-electron chi connectivity index (χ4n) is 13.1. The van der Waals surface area contributed by atoms with Gasteiger partial charge < -0.3 is 24.8 Å². The standard InChI is InChI=1S/C46H58N2O5/c1-23(2)37-40(52)35-34-27(30-22-42(4,5)53-43(6,7)36(30)39(34)51)21-28-29-20-25-11-14-31-44(8,17-15-24(3)19-33(50)47-26-12-13-26)32(49)16-18-45(31,9)46(25,10)41(29)48(37)38(28)35/h15,17,19,21-22,25-26,31-32,36-37,39,49,51H,1,11-14,16,18,20H2,2-10H3,(H,47,50)/b17-15+,24-19+/t25?,31-,32-,36?,37-,39+,44-,45-,46+/m0/s1. The Morgan fingerprint density at radius 3 is 2.43 bits per heavy atom. The second-order valence-corrected chi connectivity index (χ2v) is 19.8. The number of rotatable bonds is 5. The van der Waals surface area contributed by atoms with E-state index in [2.05, 4.69) is 89.2 Å². The van der Waals surface area contributed by atoms with Gasteiger partial charge in [-0.3, -0.25) is 9.59 Å². The van der Waals surface area contributed by atoms with E-state index in [1.807, 2.05) is 13.8 Å². The largest absolute Gasteiger partial charge is 0.392 e. The van der Waals surface area contributed by atoms with Crippen LogP contribution in [-0.4, -0.2) is 49.8 Å². The number of allylic oxidation sites excluding steroid dienone is 3. The number of ether oxygens (including phenoxy) is 1. The zero-order valence-electron chi connectivity index (χ0n) is 33.2. The molecule has 282 valence electrons. The van der Waals surface area contributed by atoms with Crippen molar-refractivity contribution < 1.29 is 24.5 Å². The van der Waals surface area contributed by atoms with Crippen LogP contribution in [0.15, 0.2) is 48.1 Å². The van der Waals surface area contributed by atoms with Crippen molar-refractivity contribution >= 4 is 28.2 Å². The molecule has 1 aromatic heterocycles. The Hall–Kier alpha value is -3.26. The van der Waals surface area contributed by atoms with E-state index >= 15 is 0 Å². The molecule has 7 aliphatic rings. The third kappa shape index (κ3) is 4.56. The normalized spacial score (nSPS) is 39.0. The summed E-state index contributed by atoms with van der Waals surface area (Å²) in [5, 5.41) is 28.2. The zero-order valence-corrected chi connectivity index (χ0v) is 33.2. The number of nitrogens with one attached hydrogen (secondary N) is 1. The molecule has 1 aromatic carbocycles. The Morgan fingerprint density at radius 1 is 1.04 bits per heavy atom. The second-order valence-electron chi connectivity index (χ2n) is 19.8. The molecule has 0 saturated heterocycles. The fraction of sp³-hybridized carbons (Fsp3) is 0.609. The fourth-order valence-corrected chi connectivity index (χ4v) is 13.1. The summed E-state index contributed by atoms with van der Waals surface area (Å²) in [7, 11) is 0. The lowest BCUT2D eigenvalue weighted by molar-refractivity contribution is -0.144. The second kappa shape index (κ2) is 10.9. The molecule has 2 unspecified atom stereocenters. The van der Waals surface area contributed by atoms with Crippen LogP contribution >= 0.6 is 0 Å². The number of aromatic nitrogens is 1. The van der Waals surface area contributed by atoms with Gasteiger partial charge in [0.1, 0.15) is 6.04 Å². The van der Waals surface area contributed by atoms with Crippen LogP contribution in [0.3, 0.4) is 0 Å². The number of nitrogens with zero attached hydrogens (tertiary/aromatic N) is 1. The number of hydrogen-bond acceptors (Lipinski definition) is 5. The quantitative estimate of drug-likeness (QED) is 0.164. The van der Waals surface area contributed by atoms with Crippen LogP contribution in [0.2, 0.25) is 0 Å². The summed E-state index contributed by atoms with van der Waals surface area (Å²) in [6.45, 7) is 23.8. The molecule has 0 spiro atoms. The number of ketones is 1. The summed E-state index contributed by atoms with van der Waals surface area (Å²) in [5.74, 6) is 0.309. The Labute approximate surface area is 314 Å². The summed E-state index contributed by atoms with van der Waals surface area (Å²) >= 11 is 0. The number of carbonyl (C=O) groups excluding carboxylic acids is 2. The molecule has 2 aliphatic heterocycles.